The van der Waals surface area contributed by atoms with E-state index in [2.05, 4.69) is 31.7 Å². The number of hydrogen-bond acceptors (Lipinski definition) is 2. The molecule has 3 fully saturated rings. The van der Waals surface area contributed by atoms with Crippen molar-refractivity contribution in [3.63, 3.8) is 0 Å². The summed E-state index contributed by atoms with van der Waals surface area (Å²) in [6.45, 7) is 8.92. The SMILES string of the molecule is C=N/N=C(\C1CCC(C)(C2=CCCCC2)CC1)C1CCC(C)(C2CCCCCC2)CC1. The second-order valence-corrected chi connectivity index (χ2v) is 12.1. The van der Waals surface area contributed by atoms with Crippen LogP contribution in [0.2, 0.25) is 0 Å². The maximum Gasteiger partial charge on any atom is 0.0467 e. The normalized spacial score (nSPS) is 38.9. The summed E-state index contributed by atoms with van der Waals surface area (Å²) < 4.78 is 0. The Balaban J connectivity index is 1.36. The molecule has 0 heterocycles. The third kappa shape index (κ3) is 5.36. The van der Waals surface area contributed by atoms with Gasteiger partial charge in [0.2, 0.25) is 0 Å². The molecule has 4 aliphatic rings. The highest BCUT2D eigenvalue weighted by molar-refractivity contribution is 5.89. The van der Waals surface area contributed by atoms with Crippen molar-refractivity contribution >= 4 is 12.4 Å². The lowest BCUT2D eigenvalue weighted by Gasteiger charge is -2.45. The summed E-state index contributed by atoms with van der Waals surface area (Å²) in [5.74, 6) is 2.27. The van der Waals surface area contributed by atoms with Crippen LogP contribution in [0.15, 0.2) is 21.9 Å². The van der Waals surface area contributed by atoms with Gasteiger partial charge in [0.15, 0.2) is 0 Å². The first kappa shape index (κ1) is 23.2. The lowest BCUT2D eigenvalue weighted by atomic mass is 9.60. The van der Waals surface area contributed by atoms with Crippen molar-refractivity contribution in [2.45, 2.75) is 129 Å². The molecule has 4 rings (SSSR count). The summed E-state index contributed by atoms with van der Waals surface area (Å²) in [6, 6.07) is 0. The van der Waals surface area contributed by atoms with Crippen LogP contribution in [0.4, 0.5) is 0 Å². The van der Waals surface area contributed by atoms with Crippen molar-refractivity contribution < 1.29 is 0 Å². The van der Waals surface area contributed by atoms with Gasteiger partial charge in [-0.3, -0.25) is 0 Å². The average molecular weight is 425 g/mol. The molecule has 2 heteroatoms. The molecule has 31 heavy (non-hydrogen) atoms. The molecule has 4 aliphatic carbocycles. The third-order valence-corrected chi connectivity index (χ3v) is 10.1. The largest absolute Gasteiger partial charge is 0.167 e. The van der Waals surface area contributed by atoms with Gasteiger partial charge in [-0.2, -0.15) is 10.2 Å². The summed E-state index contributed by atoms with van der Waals surface area (Å²) in [7, 11) is 0. The van der Waals surface area contributed by atoms with Gasteiger partial charge in [0.25, 0.3) is 0 Å². The quantitative estimate of drug-likeness (QED) is 0.182. The maximum absolute atomic E-state index is 4.72. The number of allylic oxidation sites excluding steroid dienone is 2. The predicted molar refractivity (Wildman–Crippen MR) is 135 cm³/mol. The van der Waals surface area contributed by atoms with Crippen LogP contribution >= 0.6 is 0 Å². The summed E-state index contributed by atoms with van der Waals surface area (Å²) >= 11 is 0. The van der Waals surface area contributed by atoms with Crippen LogP contribution in [-0.4, -0.2) is 12.4 Å². The molecule has 0 aromatic carbocycles. The number of nitrogens with zero attached hydrogens (tertiary/aromatic N) is 2. The molecule has 0 amide bonds. The standard InChI is InChI=1S/C29H48N2/c1-28(25-11-7-4-5-8-12-25)19-15-23(16-20-28)27(31-30-3)24-17-21-29(2,22-18-24)26-13-9-6-10-14-26/h13,23-25H,3-12,14-22H2,1-2H3/b31-27-. The summed E-state index contributed by atoms with van der Waals surface area (Å²) in [4.78, 5) is 0. The van der Waals surface area contributed by atoms with Crippen LogP contribution in [0.5, 0.6) is 0 Å². The van der Waals surface area contributed by atoms with Gasteiger partial charge in [0.05, 0.1) is 0 Å². The fraction of sp³-hybridized carbons (Fsp3) is 0.862. The molecule has 0 aromatic heterocycles. The first-order valence-electron chi connectivity index (χ1n) is 13.8. The van der Waals surface area contributed by atoms with E-state index in [9.17, 15) is 0 Å². The van der Waals surface area contributed by atoms with Crippen LogP contribution in [0.3, 0.4) is 0 Å². The van der Waals surface area contributed by atoms with E-state index in [0.29, 0.717) is 22.7 Å². The van der Waals surface area contributed by atoms with Crippen molar-refractivity contribution in [1.29, 1.82) is 0 Å². The molecule has 0 spiro atoms. The van der Waals surface area contributed by atoms with Gasteiger partial charge in [0.1, 0.15) is 0 Å². The zero-order valence-electron chi connectivity index (χ0n) is 20.6. The topological polar surface area (TPSA) is 24.7 Å². The lowest BCUT2D eigenvalue weighted by molar-refractivity contribution is 0.0931. The number of rotatable bonds is 5. The molecular weight excluding hydrogens is 376 g/mol. The highest BCUT2D eigenvalue weighted by Crippen LogP contribution is 2.51. The van der Waals surface area contributed by atoms with Gasteiger partial charge >= 0.3 is 0 Å². The van der Waals surface area contributed by atoms with Gasteiger partial charge in [-0.1, -0.05) is 51.2 Å². The first-order valence-corrected chi connectivity index (χ1v) is 13.8. The van der Waals surface area contributed by atoms with Crippen LogP contribution in [0.25, 0.3) is 0 Å². The minimum atomic E-state index is 0.453. The van der Waals surface area contributed by atoms with Gasteiger partial charge in [0, 0.05) is 12.4 Å². The fourth-order valence-corrected chi connectivity index (χ4v) is 7.79. The van der Waals surface area contributed by atoms with E-state index in [-0.39, 0.29) is 0 Å². The molecule has 0 atom stereocenters. The predicted octanol–water partition coefficient (Wildman–Crippen LogP) is 8.91. The van der Waals surface area contributed by atoms with E-state index in [0.717, 1.165) is 5.92 Å². The van der Waals surface area contributed by atoms with Crippen molar-refractivity contribution in [2.24, 2.45) is 38.8 Å². The average Bonchev–Trinajstić information content (AvgIpc) is 3.10. The minimum absolute atomic E-state index is 0.453. The summed E-state index contributed by atoms with van der Waals surface area (Å²) in [6.07, 6.45) is 27.6. The second kappa shape index (κ2) is 10.3. The molecule has 0 bridgehead atoms. The molecule has 2 nitrogen and oxygen atoms in total. The monoisotopic (exact) mass is 424 g/mol. The molecule has 0 aliphatic heterocycles. The fourth-order valence-electron chi connectivity index (χ4n) is 7.79. The highest BCUT2D eigenvalue weighted by atomic mass is 15.2. The summed E-state index contributed by atoms with van der Waals surface area (Å²) in [5, 5.41) is 8.80. The molecular formula is C29H48N2. The van der Waals surface area contributed by atoms with Crippen LogP contribution in [0.1, 0.15) is 129 Å². The molecule has 0 aromatic rings. The molecule has 0 unspecified atom stereocenters. The Morgan fingerprint density at radius 3 is 1.97 bits per heavy atom. The van der Waals surface area contributed by atoms with E-state index in [1.165, 1.54) is 121 Å². The lowest BCUT2D eigenvalue weighted by Crippen LogP contribution is -2.38. The van der Waals surface area contributed by atoms with Crippen molar-refractivity contribution in [1.82, 2.24) is 0 Å². The Kier molecular flexibility index (Phi) is 7.76. The van der Waals surface area contributed by atoms with Gasteiger partial charge in [-0.05, 0) is 118 Å². The maximum atomic E-state index is 4.72. The van der Waals surface area contributed by atoms with E-state index in [1.807, 2.05) is 0 Å². The van der Waals surface area contributed by atoms with E-state index < -0.39 is 0 Å². The van der Waals surface area contributed by atoms with E-state index in [4.69, 9.17) is 5.10 Å². The Bertz CT molecular complexity index is 648. The van der Waals surface area contributed by atoms with E-state index in [1.54, 1.807) is 5.57 Å². The Morgan fingerprint density at radius 2 is 1.42 bits per heavy atom. The Hall–Kier alpha value is -0.920. The van der Waals surface area contributed by atoms with Crippen molar-refractivity contribution in [2.75, 3.05) is 0 Å². The second-order valence-electron chi connectivity index (χ2n) is 12.1. The van der Waals surface area contributed by atoms with Gasteiger partial charge in [-0.15, -0.1) is 0 Å². The first-order chi connectivity index (χ1) is 15.0. The van der Waals surface area contributed by atoms with Crippen LogP contribution < -0.4 is 0 Å². The van der Waals surface area contributed by atoms with Crippen LogP contribution in [-0.2, 0) is 0 Å². The zero-order valence-corrected chi connectivity index (χ0v) is 20.6. The van der Waals surface area contributed by atoms with Crippen molar-refractivity contribution in [3.05, 3.63) is 11.6 Å². The van der Waals surface area contributed by atoms with Gasteiger partial charge < -0.3 is 0 Å². The molecule has 0 saturated heterocycles. The zero-order chi connectivity index (χ0) is 21.7. The van der Waals surface area contributed by atoms with Crippen LogP contribution in [0, 0.1) is 28.6 Å². The van der Waals surface area contributed by atoms with Gasteiger partial charge in [-0.25, -0.2) is 0 Å². The Morgan fingerprint density at radius 1 is 0.806 bits per heavy atom. The molecule has 3 saturated carbocycles. The minimum Gasteiger partial charge on any atom is -0.167 e. The third-order valence-electron chi connectivity index (χ3n) is 10.1. The molecule has 174 valence electrons. The summed E-state index contributed by atoms with van der Waals surface area (Å²) in [5.41, 5.74) is 4.23. The smallest absolute Gasteiger partial charge is 0.0467 e. The highest BCUT2D eigenvalue weighted by Gasteiger charge is 2.42. The van der Waals surface area contributed by atoms with Crippen molar-refractivity contribution in [3.8, 4) is 0 Å². The van der Waals surface area contributed by atoms with E-state index >= 15 is 0 Å². The Labute approximate surface area is 192 Å². The molecule has 0 radical (unpaired) electrons. The number of hydrogen-bond donors (Lipinski definition) is 0. The molecule has 0 N–H and O–H groups in total.